The quantitative estimate of drug-likeness (QED) is 0.805. The Labute approximate surface area is 144 Å². The zero-order chi connectivity index (χ0) is 16.7. The minimum Gasteiger partial charge on any atom is -0.445 e. The third-order valence-corrected chi connectivity index (χ3v) is 4.91. The highest BCUT2D eigenvalue weighted by atomic mass is 32.1. The molecule has 2 N–H and O–H groups in total. The van der Waals surface area contributed by atoms with Gasteiger partial charge in [-0.15, -0.1) is 0 Å². The lowest BCUT2D eigenvalue weighted by Crippen LogP contribution is -2.37. The number of hydrogen-bond acceptors (Lipinski definition) is 3. The Morgan fingerprint density at radius 3 is 2.48 bits per heavy atom. The van der Waals surface area contributed by atoms with E-state index in [1.165, 1.54) is 0 Å². The van der Waals surface area contributed by atoms with Crippen molar-refractivity contribution in [3.8, 4) is 0 Å². The number of rotatable bonds is 6. The molecule has 1 amide bonds. The van der Waals surface area contributed by atoms with Gasteiger partial charge in [0.05, 0.1) is 4.99 Å². The monoisotopic (exact) mass is 334 g/mol. The number of benzene rings is 1. The van der Waals surface area contributed by atoms with Crippen LogP contribution in [0.25, 0.3) is 0 Å². The van der Waals surface area contributed by atoms with Gasteiger partial charge in [-0.3, -0.25) is 0 Å². The van der Waals surface area contributed by atoms with Crippen molar-refractivity contribution in [2.75, 3.05) is 13.1 Å². The summed E-state index contributed by atoms with van der Waals surface area (Å²) in [5, 5.41) is 0. The van der Waals surface area contributed by atoms with Gasteiger partial charge in [0.1, 0.15) is 6.61 Å². The molecule has 5 heteroatoms. The van der Waals surface area contributed by atoms with E-state index in [2.05, 4.69) is 0 Å². The third kappa shape index (κ3) is 5.50. The molecule has 126 valence electrons. The molecule has 2 rings (SSSR count). The normalized spacial score (nSPS) is 20.7. The minimum absolute atomic E-state index is 0.229. The summed E-state index contributed by atoms with van der Waals surface area (Å²) in [7, 11) is 0. The predicted octanol–water partition coefficient (Wildman–Crippen LogP) is 3.74. The first kappa shape index (κ1) is 17.7. The molecule has 0 heterocycles. The van der Waals surface area contributed by atoms with Crippen molar-refractivity contribution < 1.29 is 9.53 Å². The Kier molecular flexibility index (Phi) is 6.84. The van der Waals surface area contributed by atoms with Crippen LogP contribution in [0.2, 0.25) is 0 Å². The van der Waals surface area contributed by atoms with E-state index in [-0.39, 0.29) is 6.09 Å². The van der Waals surface area contributed by atoms with Crippen LogP contribution in [0, 0.1) is 11.8 Å². The van der Waals surface area contributed by atoms with Crippen molar-refractivity contribution >= 4 is 23.3 Å². The molecule has 23 heavy (non-hydrogen) atoms. The van der Waals surface area contributed by atoms with Gasteiger partial charge in [-0.25, -0.2) is 4.79 Å². The molecular weight excluding hydrogens is 308 g/mol. The Bertz CT molecular complexity index is 513. The van der Waals surface area contributed by atoms with Crippen LogP contribution < -0.4 is 5.73 Å². The number of thiocarbonyl (C=S) groups is 1. The fourth-order valence-electron chi connectivity index (χ4n) is 3.08. The molecule has 0 saturated heterocycles. The van der Waals surface area contributed by atoms with Crippen molar-refractivity contribution in [2.24, 2.45) is 17.6 Å². The van der Waals surface area contributed by atoms with Crippen molar-refractivity contribution in [1.29, 1.82) is 0 Å². The number of carbonyl (C=O) groups excluding carboxylic acids is 1. The van der Waals surface area contributed by atoms with E-state index in [0.717, 1.165) is 37.8 Å². The van der Waals surface area contributed by atoms with Crippen molar-refractivity contribution in [3.05, 3.63) is 35.9 Å². The first-order valence-electron chi connectivity index (χ1n) is 8.35. The summed E-state index contributed by atoms with van der Waals surface area (Å²) in [5.41, 5.74) is 6.74. The maximum absolute atomic E-state index is 12.3. The van der Waals surface area contributed by atoms with E-state index in [9.17, 15) is 4.79 Å². The second-order valence-electron chi connectivity index (χ2n) is 6.20. The number of carbonyl (C=O) groups is 1. The average molecular weight is 334 g/mol. The summed E-state index contributed by atoms with van der Waals surface area (Å²) in [6, 6.07) is 9.76. The summed E-state index contributed by atoms with van der Waals surface area (Å²) < 4.78 is 5.43. The zero-order valence-electron chi connectivity index (χ0n) is 13.7. The van der Waals surface area contributed by atoms with Gasteiger partial charge < -0.3 is 15.4 Å². The summed E-state index contributed by atoms with van der Waals surface area (Å²) in [6.45, 7) is 3.74. The van der Waals surface area contributed by atoms with Crippen LogP contribution >= 0.6 is 12.2 Å². The van der Waals surface area contributed by atoms with Crippen LogP contribution in [-0.2, 0) is 11.3 Å². The Hall–Kier alpha value is -1.62. The molecule has 1 aromatic rings. The molecule has 1 aliphatic rings. The van der Waals surface area contributed by atoms with Crippen molar-refractivity contribution in [1.82, 2.24) is 4.90 Å². The molecule has 0 unspecified atom stereocenters. The molecule has 0 spiro atoms. The number of nitrogens with two attached hydrogens (primary N) is 1. The predicted molar refractivity (Wildman–Crippen MR) is 96.1 cm³/mol. The molecule has 1 aromatic carbocycles. The van der Waals surface area contributed by atoms with Gasteiger partial charge in [-0.1, -0.05) is 42.5 Å². The smallest absolute Gasteiger partial charge is 0.410 e. The van der Waals surface area contributed by atoms with Gasteiger partial charge in [0.25, 0.3) is 0 Å². The topological polar surface area (TPSA) is 55.6 Å². The van der Waals surface area contributed by atoms with E-state index < -0.39 is 0 Å². The van der Waals surface area contributed by atoms with E-state index in [1.807, 2.05) is 37.3 Å². The standard InChI is InChI=1S/C18H26N2O2S/c1-2-20(12-14-8-10-16(11-9-14)17(19)23)18(21)22-13-15-6-4-3-5-7-15/h3-7,14,16H,2,8-13H2,1H3,(H2,19,23). The van der Waals surface area contributed by atoms with Crippen molar-refractivity contribution in [3.63, 3.8) is 0 Å². The first-order chi connectivity index (χ1) is 11.1. The lowest BCUT2D eigenvalue weighted by Gasteiger charge is -2.31. The third-order valence-electron chi connectivity index (χ3n) is 4.57. The van der Waals surface area contributed by atoms with Gasteiger partial charge in [0.2, 0.25) is 0 Å². The van der Waals surface area contributed by atoms with E-state index >= 15 is 0 Å². The molecule has 4 nitrogen and oxygen atoms in total. The van der Waals surface area contributed by atoms with Crippen LogP contribution in [0.3, 0.4) is 0 Å². The fourth-order valence-corrected chi connectivity index (χ4v) is 3.32. The largest absolute Gasteiger partial charge is 0.445 e. The van der Waals surface area contributed by atoms with Crippen LogP contribution in [0.5, 0.6) is 0 Å². The highest BCUT2D eigenvalue weighted by molar-refractivity contribution is 7.80. The first-order valence-corrected chi connectivity index (χ1v) is 8.76. The van der Waals surface area contributed by atoms with E-state index in [4.69, 9.17) is 22.7 Å². The summed E-state index contributed by atoms with van der Waals surface area (Å²) in [6.07, 6.45) is 4.00. The molecule has 0 radical (unpaired) electrons. The maximum atomic E-state index is 12.3. The van der Waals surface area contributed by atoms with Crippen LogP contribution in [0.15, 0.2) is 30.3 Å². The average Bonchev–Trinajstić information content (AvgIpc) is 2.59. The molecule has 0 aromatic heterocycles. The minimum atomic E-state index is -0.229. The number of nitrogens with zero attached hydrogens (tertiary/aromatic N) is 1. The summed E-state index contributed by atoms with van der Waals surface area (Å²) in [4.78, 5) is 14.7. The lowest BCUT2D eigenvalue weighted by atomic mass is 9.82. The lowest BCUT2D eigenvalue weighted by molar-refractivity contribution is 0.0884. The van der Waals surface area contributed by atoms with Crippen LogP contribution in [-0.4, -0.2) is 29.1 Å². The number of hydrogen-bond donors (Lipinski definition) is 1. The second-order valence-corrected chi connectivity index (χ2v) is 6.67. The summed E-state index contributed by atoms with van der Waals surface area (Å²) >= 11 is 5.08. The molecule has 0 atom stereocenters. The molecule has 0 aliphatic heterocycles. The maximum Gasteiger partial charge on any atom is 0.410 e. The Balaban J connectivity index is 1.78. The van der Waals surface area contributed by atoms with E-state index in [1.54, 1.807) is 4.90 Å². The van der Waals surface area contributed by atoms with E-state index in [0.29, 0.717) is 30.0 Å². The highest BCUT2D eigenvalue weighted by Crippen LogP contribution is 2.29. The van der Waals surface area contributed by atoms with Crippen molar-refractivity contribution in [2.45, 2.75) is 39.2 Å². The Morgan fingerprint density at radius 2 is 1.91 bits per heavy atom. The molecule has 0 bridgehead atoms. The molecular formula is C18H26N2O2S. The number of amides is 1. The highest BCUT2D eigenvalue weighted by Gasteiger charge is 2.25. The van der Waals surface area contributed by atoms with Gasteiger partial charge >= 0.3 is 6.09 Å². The van der Waals surface area contributed by atoms with Gasteiger partial charge in [-0.05, 0) is 44.1 Å². The molecule has 1 aliphatic carbocycles. The number of ether oxygens (including phenoxy) is 1. The van der Waals surface area contributed by atoms with Crippen LogP contribution in [0.1, 0.15) is 38.2 Å². The zero-order valence-corrected chi connectivity index (χ0v) is 14.6. The Morgan fingerprint density at radius 1 is 1.26 bits per heavy atom. The van der Waals surface area contributed by atoms with Gasteiger partial charge in [-0.2, -0.15) is 0 Å². The SMILES string of the molecule is CCN(CC1CCC(C(N)=S)CC1)C(=O)OCc1ccccc1. The molecule has 1 fully saturated rings. The second kappa shape index (κ2) is 8.87. The van der Waals surface area contributed by atoms with Gasteiger partial charge in [0.15, 0.2) is 0 Å². The summed E-state index contributed by atoms with van der Waals surface area (Å²) in [5.74, 6) is 0.895. The van der Waals surface area contributed by atoms with Gasteiger partial charge in [0, 0.05) is 19.0 Å². The van der Waals surface area contributed by atoms with Crippen LogP contribution in [0.4, 0.5) is 4.79 Å². The fraction of sp³-hybridized carbons (Fsp3) is 0.556. The molecule has 1 saturated carbocycles.